The smallest absolute Gasteiger partial charge is 0.136 e. The second-order valence-electron chi connectivity index (χ2n) is 3.36. The van der Waals surface area contributed by atoms with Gasteiger partial charge in [0.2, 0.25) is 0 Å². The number of benzene rings is 1. The molecule has 1 heterocycles. The summed E-state index contributed by atoms with van der Waals surface area (Å²) < 4.78 is 6.38. The zero-order chi connectivity index (χ0) is 11.0. The van der Waals surface area contributed by atoms with Crippen molar-refractivity contribution in [3.05, 3.63) is 34.7 Å². The molecule has 0 aliphatic heterocycles. The minimum Gasteiger partial charge on any atom is -0.495 e. The minimum absolute atomic E-state index is 0.779. The Kier molecular flexibility index (Phi) is 2.72. The quantitative estimate of drug-likeness (QED) is 0.743. The average molecular weight is 239 g/mol. The van der Waals surface area contributed by atoms with Crippen molar-refractivity contribution in [1.82, 2.24) is 0 Å². The molecule has 0 aliphatic rings. The molecule has 1 aromatic heterocycles. The van der Waals surface area contributed by atoms with Gasteiger partial charge < -0.3 is 4.74 Å². The van der Waals surface area contributed by atoms with Crippen LogP contribution in [0.1, 0.15) is 11.8 Å². The summed E-state index contributed by atoms with van der Waals surface area (Å²) in [6.07, 6.45) is 0. The molecule has 1 aromatic carbocycles. The third-order valence-electron chi connectivity index (χ3n) is 2.23. The third-order valence-corrected chi connectivity index (χ3v) is 4.11. The zero-order valence-corrected chi connectivity index (χ0v) is 10.2. The number of methoxy groups -OCH3 is 1. The monoisotopic (exact) mass is 238 g/mol. The molecule has 15 heavy (non-hydrogen) atoms. The lowest BCUT2D eigenvalue weighted by molar-refractivity contribution is 0.420. The Balaban J connectivity index is 2.81. The molecule has 0 bridgehead atoms. The van der Waals surface area contributed by atoms with Crippen LogP contribution in [0.2, 0.25) is 5.02 Å². The van der Waals surface area contributed by atoms with Gasteiger partial charge in [0.15, 0.2) is 0 Å². The molecule has 3 heteroatoms. The van der Waals surface area contributed by atoms with Crippen LogP contribution >= 0.6 is 22.9 Å². The first-order chi connectivity index (χ1) is 7.15. The second kappa shape index (κ2) is 3.87. The molecular formula is C12H11ClOS. The first kappa shape index (κ1) is 10.5. The van der Waals surface area contributed by atoms with Crippen molar-refractivity contribution >= 4 is 38.6 Å². The van der Waals surface area contributed by atoms with Crippen molar-refractivity contribution in [2.75, 3.05) is 7.11 Å². The molecule has 2 aromatic rings. The van der Waals surface area contributed by atoms with E-state index in [0.717, 1.165) is 31.3 Å². The van der Waals surface area contributed by atoms with Crippen molar-refractivity contribution in [3.8, 4) is 5.75 Å². The lowest BCUT2D eigenvalue weighted by Crippen LogP contribution is -1.80. The van der Waals surface area contributed by atoms with E-state index in [9.17, 15) is 0 Å². The summed E-state index contributed by atoms with van der Waals surface area (Å²) in [4.78, 5) is 1.04. The van der Waals surface area contributed by atoms with E-state index in [-0.39, 0.29) is 0 Å². The van der Waals surface area contributed by atoms with E-state index in [1.807, 2.05) is 25.1 Å². The van der Waals surface area contributed by atoms with E-state index < -0.39 is 0 Å². The predicted octanol–water partition coefficient (Wildman–Crippen LogP) is 4.60. The maximum Gasteiger partial charge on any atom is 0.136 e. The molecule has 78 valence electrons. The molecule has 0 radical (unpaired) electrons. The van der Waals surface area contributed by atoms with Crippen molar-refractivity contribution in [3.63, 3.8) is 0 Å². The van der Waals surface area contributed by atoms with Crippen molar-refractivity contribution in [2.24, 2.45) is 0 Å². The van der Waals surface area contributed by atoms with E-state index in [2.05, 4.69) is 6.58 Å². The topological polar surface area (TPSA) is 9.23 Å². The Morgan fingerprint density at radius 3 is 2.80 bits per heavy atom. The third kappa shape index (κ3) is 1.64. The van der Waals surface area contributed by atoms with E-state index >= 15 is 0 Å². The highest BCUT2D eigenvalue weighted by molar-refractivity contribution is 7.21. The molecule has 0 unspecified atom stereocenters. The maximum absolute atomic E-state index is 6.28. The van der Waals surface area contributed by atoms with Gasteiger partial charge >= 0.3 is 0 Å². The number of ether oxygens (including phenoxy) is 1. The van der Waals surface area contributed by atoms with Crippen molar-refractivity contribution in [2.45, 2.75) is 6.92 Å². The van der Waals surface area contributed by atoms with Crippen molar-refractivity contribution in [1.29, 1.82) is 0 Å². The highest BCUT2D eigenvalue weighted by Gasteiger charge is 2.13. The fourth-order valence-electron chi connectivity index (χ4n) is 1.50. The van der Waals surface area contributed by atoms with Gasteiger partial charge in [0.25, 0.3) is 0 Å². The Morgan fingerprint density at radius 2 is 2.20 bits per heavy atom. The van der Waals surface area contributed by atoms with Crippen LogP contribution in [-0.2, 0) is 0 Å². The molecule has 0 aliphatic carbocycles. The summed E-state index contributed by atoms with van der Waals surface area (Å²) in [6.45, 7) is 5.88. The summed E-state index contributed by atoms with van der Waals surface area (Å²) in [5, 5.41) is 1.82. The average Bonchev–Trinajstić information content (AvgIpc) is 2.56. The molecule has 0 saturated carbocycles. The molecule has 0 saturated heterocycles. The van der Waals surface area contributed by atoms with Crippen LogP contribution in [0.25, 0.3) is 15.7 Å². The van der Waals surface area contributed by atoms with Gasteiger partial charge in [-0.1, -0.05) is 30.3 Å². The lowest BCUT2D eigenvalue weighted by Gasteiger charge is -1.99. The molecule has 0 atom stereocenters. The number of hydrogen-bond donors (Lipinski definition) is 0. The number of fused-ring (bicyclic) bond motifs is 1. The van der Waals surface area contributed by atoms with Gasteiger partial charge in [-0.15, -0.1) is 11.3 Å². The van der Waals surface area contributed by atoms with Crippen LogP contribution in [0.15, 0.2) is 24.8 Å². The van der Waals surface area contributed by atoms with E-state index in [1.54, 1.807) is 18.4 Å². The predicted molar refractivity (Wildman–Crippen MR) is 68.1 cm³/mol. The van der Waals surface area contributed by atoms with Crippen molar-refractivity contribution < 1.29 is 4.74 Å². The molecule has 0 spiro atoms. The summed E-state index contributed by atoms with van der Waals surface area (Å²) in [7, 11) is 1.67. The normalized spacial score (nSPS) is 10.6. The van der Waals surface area contributed by atoms with Crippen LogP contribution in [0, 0.1) is 0 Å². The first-order valence-electron chi connectivity index (χ1n) is 4.56. The number of allylic oxidation sites excluding steroid dienone is 1. The number of hydrogen-bond acceptors (Lipinski definition) is 2. The Hall–Kier alpha value is -0.990. The summed E-state index contributed by atoms with van der Waals surface area (Å²) in [6, 6.07) is 5.89. The largest absolute Gasteiger partial charge is 0.495 e. The van der Waals surface area contributed by atoms with Crippen LogP contribution in [-0.4, -0.2) is 7.11 Å². The van der Waals surface area contributed by atoms with E-state index in [1.165, 1.54) is 0 Å². The van der Waals surface area contributed by atoms with Gasteiger partial charge in [-0.2, -0.15) is 0 Å². The minimum atomic E-state index is 0.779. The zero-order valence-electron chi connectivity index (χ0n) is 8.63. The second-order valence-corrected chi connectivity index (χ2v) is 4.76. The fourth-order valence-corrected chi connectivity index (χ4v) is 3.10. The molecule has 0 fully saturated rings. The molecular weight excluding hydrogens is 228 g/mol. The van der Waals surface area contributed by atoms with Gasteiger partial charge in [0, 0.05) is 10.3 Å². The lowest BCUT2D eigenvalue weighted by atomic mass is 10.2. The Morgan fingerprint density at radius 1 is 1.47 bits per heavy atom. The van der Waals surface area contributed by atoms with Gasteiger partial charge in [-0.3, -0.25) is 0 Å². The van der Waals surface area contributed by atoms with Crippen LogP contribution in [0.5, 0.6) is 5.75 Å². The summed E-state index contributed by atoms with van der Waals surface area (Å²) in [5.41, 5.74) is 0.989. The van der Waals surface area contributed by atoms with Gasteiger partial charge in [-0.05, 0) is 18.6 Å². The molecule has 2 rings (SSSR count). The summed E-state index contributed by atoms with van der Waals surface area (Å²) >= 11 is 7.90. The van der Waals surface area contributed by atoms with E-state index in [4.69, 9.17) is 16.3 Å². The highest BCUT2D eigenvalue weighted by Crippen LogP contribution is 2.42. The number of halogens is 1. The number of rotatable bonds is 2. The van der Waals surface area contributed by atoms with Gasteiger partial charge in [-0.25, -0.2) is 0 Å². The van der Waals surface area contributed by atoms with Crippen LogP contribution in [0.4, 0.5) is 0 Å². The van der Waals surface area contributed by atoms with E-state index in [0.29, 0.717) is 0 Å². The maximum atomic E-state index is 6.28. The van der Waals surface area contributed by atoms with Crippen LogP contribution < -0.4 is 4.74 Å². The first-order valence-corrected chi connectivity index (χ1v) is 5.75. The fraction of sp³-hybridized carbons (Fsp3) is 0.167. The Labute approximate surface area is 97.9 Å². The SMILES string of the molecule is C=C(C)c1sc2c(OC)cccc2c1Cl. The summed E-state index contributed by atoms with van der Waals surface area (Å²) in [5.74, 6) is 0.868. The molecule has 0 N–H and O–H groups in total. The highest BCUT2D eigenvalue weighted by atomic mass is 35.5. The molecule has 1 nitrogen and oxygen atoms in total. The van der Waals surface area contributed by atoms with Gasteiger partial charge in [0.05, 0.1) is 16.8 Å². The standard InChI is InChI=1S/C12H11ClOS/c1-7(2)11-10(13)8-5-4-6-9(14-3)12(8)15-11/h4-6H,1H2,2-3H3. The number of thiophene rings is 1. The van der Waals surface area contributed by atoms with Crippen LogP contribution in [0.3, 0.4) is 0 Å². The van der Waals surface area contributed by atoms with Gasteiger partial charge in [0.1, 0.15) is 5.75 Å². The molecule has 0 amide bonds. The Bertz CT molecular complexity index is 528.